The van der Waals surface area contributed by atoms with Crippen molar-refractivity contribution in [3.63, 3.8) is 0 Å². The molecule has 1 atom stereocenters. The lowest BCUT2D eigenvalue weighted by Gasteiger charge is -2.15. The summed E-state index contributed by atoms with van der Waals surface area (Å²) >= 11 is 1.54. The number of hydrogen-bond acceptors (Lipinski definition) is 5. The predicted octanol–water partition coefficient (Wildman–Crippen LogP) is 1.52. The third kappa shape index (κ3) is 4.29. The van der Waals surface area contributed by atoms with E-state index in [2.05, 4.69) is 20.4 Å². The molecule has 0 saturated heterocycles. The Bertz CT molecular complexity index is 744. The van der Waals surface area contributed by atoms with Crippen molar-refractivity contribution in [3.05, 3.63) is 30.5 Å². The summed E-state index contributed by atoms with van der Waals surface area (Å²) in [6.45, 7) is 0. The van der Waals surface area contributed by atoms with Gasteiger partial charge < -0.3 is 20.4 Å². The first-order valence-corrected chi connectivity index (χ1v) is 8.71. The number of fused-ring (bicyclic) bond motifs is 1. The number of methoxy groups -OCH3 is 1. The summed E-state index contributed by atoms with van der Waals surface area (Å²) in [6.07, 6.45) is 4.02. The number of thioether (sulfide) groups is 1. The van der Waals surface area contributed by atoms with E-state index in [1.165, 1.54) is 18.9 Å². The summed E-state index contributed by atoms with van der Waals surface area (Å²) < 4.78 is 4.66. The molecule has 2 amide bonds. The molecule has 0 radical (unpaired) electrons. The van der Waals surface area contributed by atoms with Gasteiger partial charge in [0.25, 0.3) is 0 Å². The number of benzene rings is 1. The maximum absolute atomic E-state index is 12.1. The van der Waals surface area contributed by atoms with Gasteiger partial charge in [-0.15, -0.1) is 0 Å². The molecule has 0 fully saturated rings. The summed E-state index contributed by atoms with van der Waals surface area (Å²) in [4.78, 5) is 38.9. The fourth-order valence-electron chi connectivity index (χ4n) is 2.22. The molecule has 1 aromatic heterocycles. The molecule has 2 aromatic rings. The summed E-state index contributed by atoms with van der Waals surface area (Å²) in [6, 6.07) is 6.29. The number of H-pyrrole nitrogens is 1. The average Bonchev–Trinajstić information content (AvgIpc) is 3.07. The smallest absolute Gasteiger partial charge is 0.328 e. The number of anilines is 1. The van der Waals surface area contributed by atoms with Crippen LogP contribution in [0.15, 0.2) is 30.5 Å². The second kappa shape index (κ2) is 8.39. The maximum atomic E-state index is 12.1. The van der Waals surface area contributed by atoms with Gasteiger partial charge in [0.05, 0.1) is 12.8 Å². The number of aromatic nitrogens is 1. The highest BCUT2D eigenvalue weighted by molar-refractivity contribution is 7.98. The Morgan fingerprint density at radius 1 is 1.25 bits per heavy atom. The fraction of sp³-hybridized carbons (Fsp3) is 0.312. The van der Waals surface area contributed by atoms with Gasteiger partial charge in [-0.25, -0.2) is 4.79 Å². The van der Waals surface area contributed by atoms with Crippen LogP contribution in [-0.2, 0) is 19.1 Å². The Balaban J connectivity index is 2.04. The van der Waals surface area contributed by atoms with E-state index < -0.39 is 23.8 Å². The van der Waals surface area contributed by atoms with Gasteiger partial charge in [0.15, 0.2) is 0 Å². The molecule has 0 saturated carbocycles. The summed E-state index contributed by atoms with van der Waals surface area (Å²) in [7, 11) is 1.24. The zero-order valence-corrected chi connectivity index (χ0v) is 14.2. The molecule has 0 aliphatic heterocycles. The Kier molecular flexibility index (Phi) is 6.25. The van der Waals surface area contributed by atoms with Crippen molar-refractivity contribution in [3.8, 4) is 0 Å². The van der Waals surface area contributed by atoms with Gasteiger partial charge in [-0.05, 0) is 36.6 Å². The van der Waals surface area contributed by atoms with E-state index in [4.69, 9.17) is 0 Å². The number of rotatable bonds is 6. The van der Waals surface area contributed by atoms with Gasteiger partial charge in [0, 0.05) is 17.1 Å². The van der Waals surface area contributed by atoms with E-state index in [0.29, 0.717) is 17.9 Å². The van der Waals surface area contributed by atoms with Crippen LogP contribution in [-0.4, -0.2) is 47.9 Å². The summed E-state index contributed by atoms with van der Waals surface area (Å²) in [5, 5.41) is 5.78. The first-order valence-electron chi connectivity index (χ1n) is 7.31. The molecule has 0 bridgehead atoms. The van der Waals surface area contributed by atoms with Gasteiger partial charge in [0.1, 0.15) is 6.04 Å². The quantitative estimate of drug-likeness (QED) is 0.542. The van der Waals surface area contributed by atoms with E-state index in [1.807, 2.05) is 12.3 Å². The number of amides is 2. The largest absolute Gasteiger partial charge is 0.467 e. The number of esters is 1. The Morgan fingerprint density at radius 2 is 2.04 bits per heavy atom. The van der Waals surface area contributed by atoms with Crippen molar-refractivity contribution in [1.29, 1.82) is 0 Å². The second-order valence-corrected chi connectivity index (χ2v) is 6.01. The van der Waals surface area contributed by atoms with Crippen LogP contribution in [0, 0.1) is 0 Å². The molecule has 8 heteroatoms. The first kappa shape index (κ1) is 17.9. The van der Waals surface area contributed by atoms with Gasteiger partial charge in [0.2, 0.25) is 0 Å². The zero-order valence-electron chi connectivity index (χ0n) is 13.4. The van der Waals surface area contributed by atoms with E-state index in [9.17, 15) is 14.4 Å². The highest BCUT2D eigenvalue weighted by Crippen LogP contribution is 2.21. The number of carbonyl (C=O) groups is 3. The fourth-order valence-corrected chi connectivity index (χ4v) is 2.70. The number of carbonyl (C=O) groups excluding carboxylic acids is 3. The van der Waals surface area contributed by atoms with Crippen LogP contribution in [0.1, 0.15) is 6.42 Å². The molecule has 24 heavy (non-hydrogen) atoms. The maximum Gasteiger partial charge on any atom is 0.328 e. The number of nitrogens with one attached hydrogen (secondary N) is 3. The second-order valence-electron chi connectivity index (χ2n) is 5.03. The van der Waals surface area contributed by atoms with Crippen LogP contribution in [0.3, 0.4) is 0 Å². The van der Waals surface area contributed by atoms with Crippen molar-refractivity contribution < 1.29 is 19.1 Å². The normalized spacial score (nSPS) is 11.8. The molecule has 3 N–H and O–H groups in total. The van der Waals surface area contributed by atoms with Crippen LogP contribution in [0.25, 0.3) is 10.9 Å². The first-order chi connectivity index (χ1) is 11.6. The molecule has 2 rings (SSSR count). The van der Waals surface area contributed by atoms with Crippen LogP contribution >= 0.6 is 11.8 Å². The van der Waals surface area contributed by atoms with Crippen molar-refractivity contribution in [2.45, 2.75) is 12.5 Å². The average molecular weight is 349 g/mol. The number of ether oxygens (including phenoxy) is 1. The van der Waals surface area contributed by atoms with Crippen LogP contribution < -0.4 is 10.6 Å². The number of hydrogen-bond donors (Lipinski definition) is 3. The molecule has 1 heterocycles. The lowest BCUT2D eigenvalue weighted by molar-refractivity contribution is -0.146. The number of aromatic amines is 1. The van der Waals surface area contributed by atoms with Crippen LogP contribution in [0.5, 0.6) is 0 Å². The molecule has 1 aromatic carbocycles. The van der Waals surface area contributed by atoms with Crippen LogP contribution in [0.2, 0.25) is 0 Å². The minimum atomic E-state index is -0.876. The van der Waals surface area contributed by atoms with Crippen LogP contribution in [0.4, 0.5) is 5.69 Å². The van der Waals surface area contributed by atoms with Crippen molar-refractivity contribution in [2.75, 3.05) is 24.4 Å². The monoisotopic (exact) mass is 349 g/mol. The van der Waals surface area contributed by atoms with Gasteiger partial charge >= 0.3 is 17.8 Å². The lowest BCUT2D eigenvalue weighted by Crippen LogP contribution is -2.46. The molecule has 7 nitrogen and oxygen atoms in total. The van der Waals surface area contributed by atoms with Crippen molar-refractivity contribution >= 4 is 46.1 Å². The molecular weight excluding hydrogens is 330 g/mol. The highest BCUT2D eigenvalue weighted by atomic mass is 32.2. The third-order valence-corrected chi connectivity index (χ3v) is 4.10. The standard InChI is InChI=1S/C16H19N3O4S/c1-23-16(22)13(7-9-24-2)19-15(21)14(20)18-12-5-3-4-11-10(12)6-8-17-11/h3-6,8,13,17H,7,9H2,1-2H3,(H,18,20)(H,19,21). The summed E-state index contributed by atoms with van der Waals surface area (Å²) in [5.41, 5.74) is 1.37. The Labute approximate surface area is 143 Å². The van der Waals surface area contributed by atoms with Gasteiger partial charge in [-0.2, -0.15) is 11.8 Å². The van der Waals surface area contributed by atoms with E-state index in [-0.39, 0.29) is 0 Å². The molecule has 0 aliphatic rings. The van der Waals surface area contributed by atoms with Gasteiger partial charge in [-0.1, -0.05) is 6.07 Å². The molecule has 0 spiro atoms. The van der Waals surface area contributed by atoms with E-state index in [1.54, 1.807) is 24.4 Å². The van der Waals surface area contributed by atoms with Gasteiger partial charge in [-0.3, -0.25) is 9.59 Å². The van der Waals surface area contributed by atoms with E-state index >= 15 is 0 Å². The SMILES string of the molecule is COC(=O)C(CCSC)NC(=O)C(=O)Nc1cccc2[nH]ccc12. The lowest BCUT2D eigenvalue weighted by atomic mass is 10.2. The predicted molar refractivity (Wildman–Crippen MR) is 93.9 cm³/mol. The minimum Gasteiger partial charge on any atom is -0.467 e. The zero-order chi connectivity index (χ0) is 17.5. The van der Waals surface area contributed by atoms with Crippen molar-refractivity contribution in [2.24, 2.45) is 0 Å². The topological polar surface area (TPSA) is 100 Å². The van der Waals surface area contributed by atoms with E-state index in [0.717, 1.165) is 10.9 Å². The molecule has 1 unspecified atom stereocenters. The third-order valence-electron chi connectivity index (χ3n) is 3.45. The van der Waals surface area contributed by atoms with Crippen molar-refractivity contribution in [1.82, 2.24) is 10.3 Å². The molecule has 128 valence electrons. The Hall–Kier alpha value is -2.48. The Morgan fingerprint density at radius 3 is 2.75 bits per heavy atom. The minimum absolute atomic E-state index is 0.389. The summed E-state index contributed by atoms with van der Waals surface area (Å²) in [5.74, 6) is -1.62. The molecular formula is C16H19N3O4S. The molecule has 0 aliphatic carbocycles. The highest BCUT2D eigenvalue weighted by Gasteiger charge is 2.24.